The largest absolute Gasteiger partial charge is 0.355 e. The van der Waals surface area contributed by atoms with Gasteiger partial charge in [-0.15, -0.1) is 0 Å². The molecule has 96 valence electrons. The van der Waals surface area contributed by atoms with E-state index in [0.717, 1.165) is 24.1 Å². The lowest BCUT2D eigenvalue weighted by Gasteiger charge is -2.17. The van der Waals surface area contributed by atoms with E-state index < -0.39 is 0 Å². The van der Waals surface area contributed by atoms with Gasteiger partial charge in [-0.25, -0.2) is 4.98 Å². The van der Waals surface area contributed by atoms with Crippen molar-refractivity contribution in [1.29, 1.82) is 0 Å². The van der Waals surface area contributed by atoms with Crippen molar-refractivity contribution in [2.75, 3.05) is 11.9 Å². The van der Waals surface area contributed by atoms with Crippen molar-refractivity contribution in [3.8, 4) is 0 Å². The number of hydrogen-bond acceptors (Lipinski definition) is 2. The van der Waals surface area contributed by atoms with Gasteiger partial charge in [-0.3, -0.25) is 0 Å². The van der Waals surface area contributed by atoms with E-state index in [0.29, 0.717) is 12.0 Å². The fourth-order valence-corrected chi connectivity index (χ4v) is 2.23. The maximum Gasteiger partial charge on any atom is 0.203 e. The van der Waals surface area contributed by atoms with Gasteiger partial charge in [0.15, 0.2) is 0 Å². The summed E-state index contributed by atoms with van der Waals surface area (Å²) in [7, 11) is 0. The third-order valence-electron chi connectivity index (χ3n) is 3.37. The molecule has 3 nitrogen and oxygen atoms in total. The minimum Gasteiger partial charge on any atom is -0.355 e. The highest BCUT2D eigenvalue weighted by molar-refractivity contribution is 5.29. The first kappa shape index (κ1) is 12.5. The van der Waals surface area contributed by atoms with Crippen LogP contribution in [0.1, 0.15) is 51.8 Å². The number of hydrogen-bond donors (Lipinski definition) is 1. The number of anilines is 1. The van der Waals surface area contributed by atoms with Crippen LogP contribution in [0.4, 0.5) is 5.95 Å². The van der Waals surface area contributed by atoms with Crippen LogP contribution in [-0.4, -0.2) is 16.1 Å². The molecule has 0 amide bonds. The molecule has 1 saturated carbocycles. The zero-order valence-corrected chi connectivity index (χ0v) is 11.5. The van der Waals surface area contributed by atoms with Crippen molar-refractivity contribution in [3.63, 3.8) is 0 Å². The predicted molar refractivity (Wildman–Crippen MR) is 72.3 cm³/mol. The van der Waals surface area contributed by atoms with Crippen LogP contribution in [0.2, 0.25) is 0 Å². The third-order valence-corrected chi connectivity index (χ3v) is 3.37. The number of aryl methyl sites for hydroxylation is 1. The molecule has 1 unspecified atom stereocenters. The number of imidazole rings is 1. The van der Waals surface area contributed by atoms with E-state index in [4.69, 9.17) is 0 Å². The van der Waals surface area contributed by atoms with E-state index in [1.54, 1.807) is 0 Å². The summed E-state index contributed by atoms with van der Waals surface area (Å²) in [6.45, 7) is 9.81. The van der Waals surface area contributed by atoms with Crippen LogP contribution >= 0.6 is 0 Å². The van der Waals surface area contributed by atoms with Crippen LogP contribution in [0, 0.1) is 18.8 Å². The molecule has 0 aliphatic heterocycles. The fraction of sp³-hybridized carbons (Fsp3) is 0.786. The van der Waals surface area contributed by atoms with Gasteiger partial charge in [0.1, 0.15) is 0 Å². The van der Waals surface area contributed by atoms with E-state index >= 15 is 0 Å². The van der Waals surface area contributed by atoms with Crippen molar-refractivity contribution < 1.29 is 0 Å². The second-order valence-corrected chi connectivity index (χ2v) is 5.92. The Labute approximate surface area is 105 Å². The lowest BCUT2D eigenvalue weighted by molar-refractivity contribution is 0.479. The predicted octanol–water partition coefficient (Wildman–Crippen LogP) is 3.62. The third kappa shape index (κ3) is 3.48. The van der Waals surface area contributed by atoms with Crippen molar-refractivity contribution in [2.45, 2.75) is 53.0 Å². The summed E-state index contributed by atoms with van der Waals surface area (Å²) >= 11 is 0. The second kappa shape index (κ2) is 5.11. The summed E-state index contributed by atoms with van der Waals surface area (Å²) in [5.41, 5.74) is 1.11. The molecular weight excluding hydrogens is 210 g/mol. The van der Waals surface area contributed by atoms with Crippen molar-refractivity contribution in [2.24, 2.45) is 11.8 Å². The minimum absolute atomic E-state index is 0.568. The average molecular weight is 235 g/mol. The van der Waals surface area contributed by atoms with Gasteiger partial charge in [0.05, 0.1) is 5.69 Å². The molecule has 0 radical (unpaired) electrons. The number of rotatable bonds is 6. The molecule has 0 spiro atoms. The molecule has 1 aliphatic rings. The highest BCUT2D eigenvalue weighted by Gasteiger charge is 2.25. The molecule has 3 heteroatoms. The van der Waals surface area contributed by atoms with Gasteiger partial charge in [0.25, 0.3) is 0 Å². The van der Waals surface area contributed by atoms with Gasteiger partial charge >= 0.3 is 0 Å². The second-order valence-electron chi connectivity index (χ2n) is 5.92. The van der Waals surface area contributed by atoms with E-state index in [1.807, 2.05) is 0 Å². The topological polar surface area (TPSA) is 29.9 Å². The summed E-state index contributed by atoms with van der Waals surface area (Å²) in [6, 6.07) is 0.568. The minimum atomic E-state index is 0.568. The quantitative estimate of drug-likeness (QED) is 0.816. The maximum absolute atomic E-state index is 4.58. The first-order valence-electron chi connectivity index (χ1n) is 6.85. The Morgan fingerprint density at radius 1 is 1.41 bits per heavy atom. The summed E-state index contributed by atoms with van der Waals surface area (Å²) in [5.74, 6) is 2.66. The van der Waals surface area contributed by atoms with Crippen molar-refractivity contribution >= 4 is 5.95 Å². The smallest absolute Gasteiger partial charge is 0.203 e. The van der Waals surface area contributed by atoms with E-state index in [2.05, 4.69) is 48.8 Å². The van der Waals surface area contributed by atoms with Crippen LogP contribution < -0.4 is 5.32 Å². The van der Waals surface area contributed by atoms with Gasteiger partial charge in [-0.1, -0.05) is 26.7 Å². The molecule has 1 atom stereocenters. The Morgan fingerprint density at radius 3 is 2.71 bits per heavy atom. The summed E-state index contributed by atoms with van der Waals surface area (Å²) in [4.78, 5) is 4.58. The van der Waals surface area contributed by atoms with Crippen LogP contribution in [0.3, 0.4) is 0 Å². The summed E-state index contributed by atoms with van der Waals surface area (Å²) in [6.07, 6.45) is 6.32. The summed E-state index contributed by atoms with van der Waals surface area (Å²) in [5, 5.41) is 3.46. The summed E-state index contributed by atoms with van der Waals surface area (Å²) < 4.78 is 2.32. The SMILES string of the molecule is Cc1cn(C(C)CC2CC2)c(NCC(C)C)n1. The van der Waals surface area contributed by atoms with Gasteiger partial charge in [-0.05, 0) is 32.1 Å². The van der Waals surface area contributed by atoms with Gasteiger partial charge < -0.3 is 9.88 Å². The Bertz CT molecular complexity index is 364. The Morgan fingerprint density at radius 2 is 2.12 bits per heavy atom. The maximum atomic E-state index is 4.58. The molecule has 17 heavy (non-hydrogen) atoms. The molecule has 2 rings (SSSR count). The van der Waals surface area contributed by atoms with E-state index in [-0.39, 0.29) is 0 Å². The lowest BCUT2D eigenvalue weighted by Crippen LogP contribution is -2.15. The Hall–Kier alpha value is -0.990. The molecule has 1 N–H and O–H groups in total. The molecule has 1 aromatic heterocycles. The standard InChI is InChI=1S/C14H25N3/c1-10(2)8-15-14-16-11(3)9-17(14)12(4)7-13-5-6-13/h9-10,12-13H,5-8H2,1-4H3,(H,15,16). The van der Waals surface area contributed by atoms with Gasteiger partial charge in [0, 0.05) is 18.8 Å². The Kier molecular flexibility index (Phi) is 3.75. The molecule has 0 bridgehead atoms. The van der Waals surface area contributed by atoms with Crippen LogP contribution in [-0.2, 0) is 0 Å². The monoisotopic (exact) mass is 235 g/mol. The zero-order valence-electron chi connectivity index (χ0n) is 11.5. The van der Waals surface area contributed by atoms with Crippen LogP contribution in [0.15, 0.2) is 6.20 Å². The highest BCUT2D eigenvalue weighted by Crippen LogP contribution is 2.37. The number of aromatic nitrogens is 2. The van der Waals surface area contributed by atoms with Crippen molar-refractivity contribution in [3.05, 3.63) is 11.9 Å². The molecule has 1 fully saturated rings. The lowest BCUT2D eigenvalue weighted by atomic mass is 10.1. The van der Waals surface area contributed by atoms with Crippen LogP contribution in [0.25, 0.3) is 0 Å². The first-order valence-corrected chi connectivity index (χ1v) is 6.85. The zero-order chi connectivity index (χ0) is 12.4. The average Bonchev–Trinajstić information content (AvgIpc) is 2.97. The fourth-order valence-electron chi connectivity index (χ4n) is 2.23. The number of nitrogens with zero attached hydrogens (tertiary/aromatic N) is 2. The highest BCUT2D eigenvalue weighted by atomic mass is 15.2. The van der Waals surface area contributed by atoms with Crippen molar-refractivity contribution in [1.82, 2.24) is 9.55 Å². The Balaban J connectivity index is 2.02. The normalized spacial score (nSPS) is 17.5. The molecule has 0 aromatic carbocycles. The molecule has 0 saturated heterocycles. The van der Waals surface area contributed by atoms with Crippen LogP contribution in [0.5, 0.6) is 0 Å². The molecular formula is C14H25N3. The van der Waals surface area contributed by atoms with Gasteiger partial charge in [0.2, 0.25) is 5.95 Å². The number of nitrogens with one attached hydrogen (secondary N) is 1. The van der Waals surface area contributed by atoms with E-state index in [9.17, 15) is 0 Å². The molecule has 1 aromatic rings. The molecule has 1 heterocycles. The first-order chi connectivity index (χ1) is 8.06. The molecule has 1 aliphatic carbocycles. The van der Waals surface area contributed by atoms with E-state index in [1.165, 1.54) is 19.3 Å². The van der Waals surface area contributed by atoms with Gasteiger partial charge in [-0.2, -0.15) is 0 Å².